The molecule has 4 aromatic rings. The molecule has 1 unspecified atom stereocenters. The van der Waals surface area contributed by atoms with Crippen molar-refractivity contribution in [3.8, 4) is 23.1 Å². The van der Waals surface area contributed by atoms with Gasteiger partial charge in [-0.05, 0) is 75.7 Å². The normalized spacial score (nSPS) is 15.7. The average Bonchev–Trinajstić information content (AvgIpc) is 3.49. The summed E-state index contributed by atoms with van der Waals surface area (Å²) in [6.45, 7) is 7.05. The molecule has 0 spiro atoms. The van der Waals surface area contributed by atoms with E-state index in [1.807, 2.05) is 0 Å². The molecule has 0 aliphatic carbocycles. The number of nitriles is 1. The SMILES string of the molecule is CC(O)c1cc(C#N)cc(-c2cc3c4c(ccc3n2S(=O)(=O)c2ccccc2)[C@@H](NC(=O)OC(C)(C)C)CO4)c1. The third-order valence-electron chi connectivity index (χ3n) is 6.53. The van der Waals surface area contributed by atoms with Crippen molar-refractivity contribution < 1.29 is 27.8 Å². The van der Waals surface area contributed by atoms with Crippen LogP contribution in [0.5, 0.6) is 5.75 Å². The molecule has 2 heterocycles. The number of fused-ring (bicyclic) bond motifs is 3. The number of aliphatic hydroxyl groups excluding tert-OH is 1. The molecular weight excluding hydrogens is 530 g/mol. The number of aliphatic hydroxyl groups is 1. The van der Waals surface area contributed by atoms with Gasteiger partial charge in [-0.25, -0.2) is 17.2 Å². The minimum Gasteiger partial charge on any atom is -0.490 e. The van der Waals surface area contributed by atoms with Crippen molar-refractivity contribution >= 4 is 27.0 Å². The summed E-state index contributed by atoms with van der Waals surface area (Å²) in [7, 11) is -4.10. The second kappa shape index (κ2) is 10.0. The van der Waals surface area contributed by atoms with Crippen molar-refractivity contribution in [2.24, 2.45) is 0 Å². The molecular formula is C30H29N3O6S. The topological polar surface area (TPSA) is 131 Å². The number of carbonyl (C=O) groups is 1. The van der Waals surface area contributed by atoms with E-state index in [-0.39, 0.29) is 17.1 Å². The summed E-state index contributed by atoms with van der Waals surface area (Å²) in [6, 6.07) is 19.6. The Hall–Kier alpha value is -4.33. The van der Waals surface area contributed by atoms with Gasteiger partial charge in [0.1, 0.15) is 18.0 Å². The molecule has 5 rings (SSSR count). The van der Waals surface area contributed by atoms with Crippen LogP contribution in [-0.2, 0) is 14.8 Å². The molecule has 2 atom stereocenters. The highest BCUT2D eigenvalue weighted by molar-refractivity contribution is 7.90. The number of aromatic nitrogens is 1. The molecule has 9 nitrogen and oxygen atoms in total. The first-order valence-corrected chi connectivity index (χ1v) is 14.2. The van der Waals surface area contributed by atoms with Gasteiger partial charge in [0.05, 0.1) is 39.9 Å². The van der Waals surface area contributed by atoms with Crippen LogP contribution < -0.4 is 10.1 Å². The third-order valence-corrected chi connectivity index (χ3v) is 8.27. The highest BCUT2D eigenvalue weighted by Gasteiger charge is 2.32. The summed E-state index contributed by atoms with van der Waals surface area (Å²) in [6.07, 6.45) is -1.46. The molecule has 3 aromatic carbocycles. The first kappa shape index (κ1) is 27.2. The molecule has 0 bridgehead atoms. The van der Waals surface area contributed by atoms with Crippen molar-refractivity contribution in [3.05, 3.63) is 83.4 Å². The second-order valence-corrected chi connectivity index (χ2v) is 12.5. The standard InChI is InChI=1S/C30H29N3O6S/c1-18(34)20-12-19(16-31)13-21(14-20)27-15-24-26(33(27)40(36,37)22-8-6-5-7-9-22)11-10-23-25(17-38-28(23)24)32-29(35)39-30(2,3)4/h5-15,18,25,34H,17H2,1-4H3,(H,32,35)/t18?,25-/m0/s1. The zero-order valence-corrected chi connectivity index (χ0v) is 23.3. The molecule has 1 aliphatic heterocycles. The summed E-state index contributed by atoms with van der Waals surface area (Å²) in [5, 5.41) is 23.3. The van der Waals surface area contributed by atoms with Gasteiger partial charge in [-0.2, -0.15) is 5.26 Å². The Labute approximate surface area is 232 Å². The number of rotatable bonds is 5. The number of carbonyl (C=O) groups excluding carboxylic acids is 1. The smallest absolute Gasteiger partial charge is 0.408 e. The predicted molar refractivity (Wildman–Crippen MR) is 149 cm³/mol. The molecule has 40 heavy (non-hydrogen) atoms. The Morgan fingerprint density at radius 1 is 1.15 bits per heavy atom. The summed E-state index contributed by atoms with van der Waals surface area (Å²) in [4.78, 5) is 12.5. The lowest BCUT2D eigenvalue weighted by atomic mass is 10.0. The highest BCUT2D eigenvalue weighted by Crippen LogP contribution is 2.43. The van der Waals surface area contributed by atoms with E-state index in [0.29, 0.717) is 39.0 Å². The van der Waals surface area contributed by atoms with E-state index >= 15 is 0 Å². The maximum absolute atomic E-state index is 14.1. The molecule has 10 heteroatoms. The van der Waals surface area contributed by atoms with Gasteiger partial charge in [0.2, 0.25) is 0 Å². The lowest BCUT2D eigenvalue weighted by molar-refractivity contribution is 0.0497. The fraction of sp³-hybridized carbons (Fsp3) is 0.267. The van der Waals surface area contributed by atoms with E-state index in [4.69, 9.17) is 9.47 Å². The summed E-state index contributed by atoms with van der Waals surface area (Å²) >= 11 is 0. The van der Waals surface area contributed by atoms with Crippen LogP contribution in [-0.4, -0.2) is 35.8 Å². The van der Waals surface area contributed by atoms with Gasteiger partial charge in [-0.3, -0.25) is 0 Å². The number of alkyl carbamates (subject to hydrolysis) is 1. The molecule has 1 amide bonds. The molecule has 1 aromatic heterocycles. The van der Waals surface area contributed by atoms with Gasteiger partial charge in [0, 0.05) is 16.5 Å². The number of hydrogen-bond acceptors (Lipinski definition) is 7. The Morgan fingerprint density at radius 3 is 2.52 bits per heavy atom. The molecule has 2 N–H and O–H groups in total. The lowest BCUT2D eigenvalue weighted by Gasteiger charge is -2.21. The average molecular weight is 560 g/mol. The van der Waals surface area contributed by atoms with Crippen molar-refractivity contribution in [2.75, 3.05) is 6.61 Å². The Kier molecular flexibility index (Phi) is 6.82. The molecule has 0 saturated heterocycles. The van der Waals surface area contributed by atoms with Crippen LogP contribution in [0.2, 0.25) is 0 Å². The Morgan fingerprint density at radius 2 is 1.88 bits per heavy atom. The van der Waals surface area contributed by atoms with Crippen molar-refractivity contribution in [2.45, 2.75) is 50.3 Å². The zero-order valence-electron chi connectivity index (χ0n) is 22.5. The second-order valence-electron chi connectivity index (χ2n) is 10.7. The van der Waals surface area contributed by atoms with Crippen molar-refractivity contribution in [1.29, 1.82) is 5.26 Å². The van der Waals surface area contributed by atoms with Gasteiger partial charge < -0.3 is 19.9 Å². The van der Waals surface area contributed by atoms with E-state index in [9.17, 15) is 23.6 Å². The van der Waals surface area contributed by atoms with E-state index in [1.54, 1.807) is 82.3 Å². The largest absolute Gasteiger partial charge is 0.490 e. The van der Waals surface area contributed by atoms with Crippen molar-refractivity contribution in [3.63, 3.8) is 0 Å². The monoisotopic (exact) mass is 559 g/mol. The van der Waals surface area contributed by atoms with Crippen LogP contribution in [0, 0.1) is 11.3 Å². The lowest BCUT2D eigenvalue weighted by Crippen LogP contribution is -2.35. The highest BCUT2D eigenvalue weighted by atomic mass is 32.2. The van der Waals surface area contributed by atoms with E-state index in [1.165, 1.54) is 16.1 Å². The minimum atomic E-state index is -4.10. The van der Waals surface area contributed by atoms with Gasteiger partial charge in [-0.15, -0.1) is 0 Å². The van der Waals surface area contributed by atoms with Gasteiger partial charge in [-0.1, -0.05) is 24.3 Å². The Balaban J connectivity index is 1.72. The van der Waals surface area contributed by atoms with E-state index in [0.717, 1.165) is 0 Å². The van der Waals surface area contributed by atoms with Crippen LogP contribution in [0.3, 0.4) is 0 Å². The fourth-order valence-corrected chi connectivity index (χ4v) is 6.32. The number of benzene rings is 3. The maximum Gasteiger partial charge on any atom is 0.408 e. The van der Waals surface area contributed by atoms with Gasteiger partial charge in [0.25, 0.3) is 10.0 Å². The minimum absolute atomic E-state index is 0.0897. The van der Waals surface area contributed by atoms with Crippen LogP contribution in [0.15, 0.2) is 71.6 Å². The van der Waals surface area contributed by atoms with Crippen LogP contribution in [0.4, 0.5) is 4.79 Å². The summed E-state index contributed by atoms with van der Waals surface area (Å²) in [5.74, 6) is 0.453. The fourth-order valence-electron chi connectivity index (χ4n) is 4.77. The number of hydrogen-bond donors (Lipinski definition) is 2. The predicted octanol–water partition coefficient (Wildman–Crippen LogP) is 5.43. The van der Waals surface area contributed by atoms with Crippen LogP contribution >= 0.6 is 0 Å². The van der Waals surface area contributed by atoms with Crippen molar-refractivity contribution in [1.82, 2.24) is 9.29 Å². The first-order valence-electron chi connectivity index (χ1n) is 12.7. The molecule has 0 radical (unpaired) electrons. The number of nitrogens with zero attached hydrogens (tertiary/aromatic N) is 2. The maximum atomic E-state index is 14.1. The summed E-state index contributed by atoms with van der Waals surface area (Å²) in [5.41, 5.74) is 1.90. The first-order chi connectivity index (χ1) is 18.9. The molecule has 0 fully saturated rings. The Bertz CT molecular complexity index is 1760. The van der Waals surface area contributed by atoms with Crippen LogP contribution in [0.1, 0.15) is 56.5 Å². The third kappa shape index (κ3) is 5.01. The molecule has 206 valence electrons. The van der Waals surface area contributed by atoms with E-state index < -0.39 is 33.9 Å². The zero-order chi connectivity index (χ0) is 28.8. The molecule has 1 aliphatic rings. The molecule has 0 saturated carbocycles. The quantitative estimate of drug-likeness (QED) is 0.333. The van der Waals surface area contributed by atoms with E-state index in [2.05, 4.69) is 11.4 Å². The van der Waals surface area contributed by atoms with Gasteiger partial charge >= 0.3 is 6.09 Å². The van der Waals surface area contributed by atoms with Gasteiger partial charge in [0.15, 0.2) is 0 Å². The summed E-state index contributed by atoms with van der Waals surface area (Å²) < 4.78 is 40.7. The number of ether oxygens (including phenoxy) is 2. The van der Waals surface area contributed by atoms with Crippen LogP contribution in [0.25, 0.3) is 22.2 Å². The number of amides is 1. The number of nitrogens with one attached hydrogen (secondary N) is 1.